The summed E-state index contributed by atoms with van der Waals surface area (Å²) < 4.78 is 0. The van der Waals surface area contributed by atoms with Crippen LogP contribution < -0.4 is 5.73 Å². The molecule has 0 saturated carbocycles. The standard InChI is InChI=1S/C11H14N2.CH4/c1-3-4-5-6-10-7-9(2)8-11(12)13-10;/h7-8H,3-4H2,1-2H3,(H2,12,13);1H4. The first-order valence-electron chi connectivity index (χ1n) is 4.45. The molecule has 2 N–H and O–H groups in total. The number of pyridine rings is 1. The number of aryl methyl sites for hydroxylation is 1. The van der Waals surface area contributed by atoms with Crippen LogP contribution in [0.5, 0.6) is 0 Å². The van der Waals surface area contributed by atoms with Gasteiger partial charge in [0.2, 0.25) is 0 Å². The Bertz CT molecular complexity index is 325. The van der Waals surface area contributed by atoms with Gasteiger partial charge in [-0.25, -0.2) is 4.98 Å². The summed E-state index contributed by atoms with van der Waals surface area (Å²) in [5.74, 6) is 6.57. The Kier molecular flexibility index (Phi) is 5.40. The summed E-state index contributed by atoms with van der Waals surface area (Å²) in [6.45, 7) is 4.09. The molecule has 0 amide bonds. The van der Waals surface area contributed by atoms with Gasteiger partial charge in [-0.15, -0.1) is 0 Å². The molecule has 14 heavy (non-hydrogen) atoms. The van der Waals surface area contributed by atoms with Crippen LogP contribution in [0.15, 0.2) is 12.1 Å². The van der Waals surface area contributed by atoms with Crippen molar-refractivity contribution in [2.24, 2.45) is 0 Å². The van der Waals surface area contributed by atoms with Crippen LogP contribution in [0.1, 0.15) is 38.4 Å². The molecule has 0 unspecified atom stereocenters. The van der Waals surface area contributed by atoms with E-state index in [9.17, 15) is 0 Å². The van der Waals surface area contributed by atoms with E-state index in [0.29, 0.717) is 5.82 Å². The van der Waals surface area contributed by atoms with Gasteiger partial charge in [0.1, 0.15) is 11.5 Å². The van der Waals surface area contributed by atoms with Crippen molar-refractivity contribution in [2.45, 2.75) is 34.1 Å². The average molecular weight is 190 g/mol. The molecule has 0 aliphatic heterocycles. The summed E-state index contributed by atoms with van der Waals surface area (Å²) in [7, 11) is 0. The van der Waals surface area contributed by atoms with Gasteiger partial charge in [-0.1, -0.05) is 20.3 Å². The van der Waals surface area contributed by atoms with Crippen LogP contribution in [0.2, 0.25) is 0 Å². The highest BCUT2D eigenvalue weighted by molar-refractivity contribution is 5.40. The van der Waals surface area contributed by atoms with Gasteiger partial charge in [-0.3, -0.25) is 0 Å². The molecule has 0 fully saturated rings. The van der Waals surface area contributed by atoms with Crippen LogP contribution >= 0.6 is 0 Å². The summed E-state index contributed by atoms with van der Waals surface area (Å²) >= 11 is 0. The third-order valence-corrected chi connectivity index (χ3v) is 1.58. The number of hydrogen-bond donors (Lipinski definition) is 1. The van der Waals surface area contributed by atoms with E-state index >= 15 is 0 Å². The molecule has 1 aromatic rings. The van der Waals surface area contributed by atoms with Gasteiger partial charge >= 0.3 is 0 Å². The van der Waals surface area contributed by atoms with Gasteiger partial charge in [0.25, 0.3) is 0 Å². The summed E-state index contributed by atoms with van der Waals surface area (Å²) in [4.78, 5) is 4.11. The zero-order valence-corrected chi connectivity index (χ0v) is 8.09. The second kappa shape index (κ2) is 6.04. The minimum atomic E-state index is 0. The summed E-state index contributed by atoms with van der Waals surface area (Å²) in [5.41, 5.74) is 7.46. The van der Waals surface area contributed by atoms with Crippen molar-refractivity contribution in [2.75, 3.05) is 5.73 Å². The molecule has 0 bridgehead atoms. The van der Waals surface area contributed by atoms with Crippen LogP contribution in [0.4, 0.5) is 5.82 Å². The molecule has 0 spiro atoms. The number of anilines is 1. The molecular weight excluding hydrogens is 172 g/mol. The Labute approximate surface area is 86.6 Å². The lowest BCUT2D eigenvalue weighted by Gasteiger charge is -1.96. The second-order valence-electron chi connectivity index (χ2n) is 3.01. The van der Waals surface area contributed by atoms with Crippen molar-refractivity contribution < 1.29 is 0 Å². The molecule has 2 heteroatoms. The maximum Gasteiger partial charge on any atom is 0.125 e. The SMILES string of the molecule is C.CCCC#Cc1cc(C)cc(N)n1. The van der Waals surface area contributed by atoms with Crippen LogP contribution in [0.3, 0.4) is 0 Å². The Morgan fingerprint density at radius 2 is 2.14 bits per heavy atom. The van der Waals surface area contributed by atoms with Crippen LogP contribution in [-0.2, 0) is 0 Å². The number of nitrogen functional groups attached to an aromatic ring is 1. The van der Waals surface area contributed by atoms with Gasteiger partial charge in [0, 0.05) is 6.42 Å². The molecule has 76 valence electrons. The fraction of sp³-hybridized carbons (Fsp3) is 0.417. The van der Waals surface area contributed by atoms with E-state index in [1.54, 1.807) is 0 Å². The molecule has 1 aromatic heterocycles. The Balaban J connectivity index is 0.00000169. The molecule has 0 aromatic carbocycles. The topological polar surface area (TPSA) is 38.9 Å². The zero-order chi connectivity index (χ0) is 9.68. The largest absolute Gasteiger partial charge is 0.384 e. The van der Waals surface area contributed by atoms with E-state index in [4.69, 9.17) is 5.73 Å². The molecule has 1 rings (SSSR count). The third kappa shape index (κ3) is 3.95. The Hall–Kier alpha value is -1.49. The lowest BCUT2D eigenvalue weighted by molar-refractivity contribution is 0.983. The van der Waals surface area contributed by atoms with Gasteiger partial charge in [0.15, 0.2) is 0 Å². The first-order valence-corrected chi connectivity index (χ1v) is 4.45. The molecule has 0 saturated heterocycles. The van der Waals surface area contributed by atoms with E-state index in [1.807, 2.05) is 19.1 Å². The van der Waals surface area contributed by atoms with Crippen molar-refractivity contribution in [1.82, 2.24) is 4.98 Å². The number of aromatic nitrogens is 1. The minimum absolute atomic E-state index is 0. The van der Waals surface area contributed by atoms with E-state index in [-0.39, 0.29) is 7.43 Å². The van der Waals surface area contributed by atoms with Gasteiger partial charge in [-0.2, -0.15) is 0 Å². The first-order chi connectivity index (χ1) is 6.22. The fourth-order valence-corrected chi connectivity index (χ4v) is 1.04. The highest BCUT2D eigenvalue weighted by Gasteiger charge is 1.92. The van der Waals surface area contributed by atoms with Crippen LogP contribution in [-0.4, -0.2) is 4.98 Å². The monoisotopic (exact) mass is 190 g/mol. The Morgan fingerprint density at radius 1 is 1.43 bits per heavy atom. The van der Waals surface area contributed by atoms with Crippen molar-refractivity contribution >= 4 is 5.82 Å². The number of rotatable bonds is 1. The van der Waals surface area contributed by atoms with Crippen molar-refractivity contribution in [3.05, 3.63) is 23.4 Å². The predicted octanol–water partition coefficient (Wildman–Crippen LogP) is 2.76. The molecule has 0 aliphatic rings. The van der Waals surface area contributed by atoms with Gasteiger partial charge < -0.3 is 5.73 Å². The number of unbranched alkanes of at least 4 members (excludes halogenated alkanes) is 1. The van der Waals surface area contributed by atoms with E-state index in [0.717, 1.165) is 24.1 Å². The third-order valence-electron chi connectivity index (χ3n) is 1.58. The smallest absolute Gasteiger partial charge is 0.125 e. The predicted molar refractivity (Wildman–Crippen MR) is 61.9 cm³/mol. The number of nitrogens with two attached hydrogens (primary N) is 1. The van der Waals surface area contributed by atoms with E-state index in [2.05, 4.69) is 23.7 Å². The highest BCUT2D eigenvalue weighted by atomic mass is 14.8. The second-order valence-corrected chi connectivity index (χ2v) is 3.01. The lowest BCUT2D eigenvalue weighted by atomic mass is 10.2. The molecule has 1 heterocycles. The van der Waals surface area contributed by atoms with Crippen LogP contribution in [0.25, 0.3) is 0 Å². The molecule has 0 atom stereocenters. The maximum absolute atomic E-state index is 5.58. The van der Waals surface area contributed by atoms with Gasteiger partial charge in [0.05, 0.1) is 0 Å². The fourth-order valence-electron chi connectivity index (χ4n) is 1.04. The average Bonchev–Trinajstić information content (AvgIpc) is 2.03. The first kappa shape index (κ1) is 12.5. The lowest BCUT2D eigenvalue weighted by Crippen LogP contribution is -1.93. The molecule has 2 nitrogen and oxygen atoms in total. The molecule has 0 aliphatic carbocycles. The Morgan fingerprint density at radius 3 is 2.71 bits per heavy atom. The normalized spacial score (nSPS) is 8.43. The number of nitrogens with zero attached hydrogens (tertiary/aromatic N) is 1. The quantitative estimate of drug-likeness (QED) is 0.691. The van der Waals surface area contributed by atoms with E-state index < -0.39 is 0 Å². The van der Waals surface area contributed by atoms with Crippen LogP contribution in [0, 0.1) is 18.8 Å². The minimum Gasteiger partial charge on any atom is -0.384 e. The van der Waals surface area contributed by atoms with Gasteiger partial charge in [-0.05, 0) is 37.0 Å². The molecular formula is C12H18N2. The van der Waals surface area contributed by atoms with Crippen molar-refractivity contribution in [1.29, 1.82) is 0 Å². The van der Waals surface area contributed by atoms with Crippen molar-refractivity contribution in [3.8, 4) is 11.8 Å². The summed E-state index contributed by atoms with van der Waals surface area (Å²) in [6, 6.07) is 3.78. The summed E-state index contributed by atoms with van der Waals surface area (Å²) in [5, 5.41) is 0. The molecule has 0 radical (unpaired) electrons. The zero-order valence-electron chi connectivity index (χ0n) is 8.09. The number of hydrogen-bond acceptors (Lipinski definition) is 2. The van der Waals surface area contributed by atoms with E-state index in [1.165, 1.54) is 0 Å². The maximum atomic E-state index is 5.58. The van der Waals surface area contributed by atoms with Crippen molar-refractivity contribution in [3.63, 3.8) is 0 Å². The highest BCUT2D eigenvalue weighted by Crippen LogP contribution is 2.04. The summed E-state index contributed by atoms with van der Waals surface area (Å²) in [6.07, 6.45) is 1.99.